The second kappa shape index (κ2) is 11.9. The minimum Gasteiger partial charge on any atom is -0.468 e. The molecule has 0 amide bonds. The number of aliphatic hydroxyl groups is 1. The SMILES string of the molecule is CCCCC(NCCCCCCO)C(=O)OC. The standard InChI is InChI=1S/C13H27NO3/c1-3-4-9-12(13(16)17-2)14-10-7-5-6-8-11-15/h12,14-15H,3-11H2,1-2H3. The monoisotopic (exact) mass is 245 g/mol. The third-order valence-electron chi connectivity index (χ3n) is 2.81. The Hall–Kier alpha value is -0.610. The normalized spacial score (nSPS) is 12.4. The number of unbranched alkanes of at least 4 members (excludes halogenated alkanes) is 4. The first-order chi connectivity index (χ1) is 8.26. The molecule has 1 unspecified atom stereocenters. The lowest BCUT2D eigenvalue weighted by Gasteiger charge is -2.15. The summed E-state index contributed by atoms with van der Waals surface area (Å²) < 4.78 is 4.77. The van der Waals surface area contributed by atoms with E-state index < -0.39 is 0 Å². The molecule has 0 aliphatic heterocycles. The van der Waals surface area contributed by atoms with Gasteiger partial charge in [-0.2, -0.15) is 0 Å². The highest BCUT2D eigenvalue weighted by molar-refractivity contribution is 5.75. The Balaban J connectivity index is 3.64. The third-order valence-corrected chi connectivity index (χ3v) is 2.81. The zero-order valence-electron chi connectivity index (χ0n) is 11.2. The number of hydrogen-bond acceptors (Lipinski definition) is 4. The van der Waals surface area contributed by atoms with Crippen LogP contribution in [0.5, 0.6) is 0 Å². The van der Waals surface area contributed by atoms with Crippen molar-refractivity contribution in [2.45, 2.75) is 57.9 Å². The fourth-order valence-electron chi connectivity index (χ4n) is 1.72. The van der Waals surface area contributed by atoms with Crippen LogP contribution in [0.25, 0.3) is 0 Å². The summed E-state index contributed by atoms with van der Waals surface area (Å²) in [6.45, 7) is 3.23. The molecule has 4 heteroatoms. The van der Waals surface area contributed by atoms with Crippen molar-refractivity contribution in [1.29, 1.82) is 0 Å². The number of rotatable bonds is 11. The van der Waals surface area contributed by atoms with Gasteiger partial charge < -0.3 is 15.2 Å². The van der Waals surface area contributed by atoms with Gasteiger partial charge in [-0.05, 0) is 25.8 Å². The van der Waals surface area contributed by atoms with Crippen LogP contribution in [-0.2, 0) is 9.53 Å². The average molecular weight is 245 g/mol. The van der Waals surface area contributed by atoms with Crippen LogP contribution in [-0.4, -0.2) is 37.4 Å². The fraction of sp³-hybridized carbons (Fsp3) is 0.923. The molecule has 0 aliphatic rings. The van der Waals surface area contributed by atoms with Gasteiger partial charge in [-0.3, -0.25) is 4.79 Å². The van der Waals surface area contributed by atoms with E-state index in [9.17, 15) is 4.79 Å². The molecule has 102 valence electrons. The van der Waals surface area contributed by atoms with E-state index in [0.29, 0.717) is 0 Å². The van der Waals surface area contributed by atoms with Crippen LogP contribution in [0.4, 0.5) is 0 Å². The quantitative estimate of drug-likeness (QED) is 0.431. The van der Waals surface area contributed by atoms with Crippen molar-refractivity contribution in [3.8, 4) is 0 Å². The Kier molecular flexibility index (Phi) is 11.4. The van der Waals surface area contributed by atoms with Crippen LogP contribution >= 0.6 is 0 Å². The number of carbonyl (C=O) groups is 1. The summed E-state index contributed by atoms with van der Waals surface area (Å²) in [5, 5.41) is 11.9. The number of carbonyl (C=O) groups excluding carboxylic acids is 1. The first kappa shape index (κ1) is 16.4. The molecule has 0 saturated carbocycles. The minimum atomic E-state index is -0.159. The highest BCUT2D eigenvalue weighted by Gasteiger charge is 2.16. The lowest BCUT2D eigenvalue weighted by Crippen LogP contribution is -2.38. The molecule has 2 N–H and O–H groups in total. The Morgan fingerprint density at radius 2 is 1.94 bits per heavy atom. The molecule has 0 aromatic carbocycles. The highest BCUT2D eigenvalue weighted by Crippen LogP contribution is 2.04. The van der Waals surface area contributed by atoms with Crippen molar-refractivity contribution in [2.24, 2.45) is 0 Å². The number of aliphatic hydroxyl groups excluding tert-OH is 1. The second-order valence-electron chi connectivity index (χ2n) is 4.31. The first-order valence-electron chi connectivity index (χ1n) is 6.68. The summed E-state index contributed by atoms with van der Waals surface area (Å²) in [7, 11) is 1.43. The number of nitrogens with one attached hydrogen (secondary N) is 1. The fourth-order valence-corrected chi connectivity index (χ4v) is 1.72. The lowest BCUT2D eigenvalue weighted by molar-refractivity contribution is -0.143. The van der Waals surface area contributed by atoms with Crippen LogP contribution < -0.4 is 5.32 Å². The molecule has 0 aromatic heterocycles. The molecule has 0 spiro atoms. The largest absolute Gasteiger partial charge is 0.468 e. The topological polar surface area (TPSA) is 58.6 Å². The van der Waals surface area contributed by atoms with Gasteiger partial charge in [-0.1, -0.05) is 32.6 Å². The summed E-state index contributed by atoms with van der Waals surface area (Å²) >= 11 is 0. The molecule has 0 saturated heterocycles. The van der Waals surface area contributed by atoms with Gasteiger partial charge in [0.2, 0.25) is 0 Å². The number of hydrogen-bond donors (Lipinski definition) is 2. The first-order valence-corrected chi connectivity index (χ1v) is 6.68. The molecule has 17 heavy (non-hydrogen) atoms. The summed E-state index contributed by atoms with van der Waals surface area (Å²) in [5.74, 6) is -0.159. The maximum atomic E-state index is 11.5. The zero-order chi connectivity index (χ0) is 12.9. The maximum absolute atomic E-state index is 11.5. The van der Waals surface area contributed by atoms with E-state index in [2.05, 4.69) is 12.2 Å². The third kappa shape index (κ3) is 9.12. The van der Waals surface area contributed by atoms with Gasteiger partial charge in [0.15, 0.2) is 0 Å². The molecule has 0 aliphatic carbocycles. The van der Waals surface area contributed by atoms with E-state index >= 15 is 0 Å². The molecule has 0 fully saturated rings. The van der Waals surface area contributed by atoms with Crippen LogP contribution in [0, 0.1) is 0 Å². The summed E-state index contributed by atoms with van der Waals surface area (Å²) in [6, 6.07) is -0.155. The molecule has 4 nitrogen and oxygen atoms in total. The Bertz CT molecular complexity index is 186. The Labute approximate surface area is 105 Å². The average Bonchev–Trinajstić information content (AvgIpc) is 2.36. The summed E-state index contributed by atoms with van der Waals surface area (Å²) in [5.41, 5.74) is 0. The molecule has 0 radical (unpaired) electrons. The highest BCUT2D eigenvalue weighted by atomic mass is 16.5. The van der Waals surface area contributed by atoms with Gasteiger partial charge in [0, 0.05) is 6.61 Å². The van der Waals surface area contributed by atoms with Crippen molar-refractivity contribution in [3.63, 3.8) is 0 Å². The van der Waals surface area contributed by atoms with E-state index in [1.54, 1.807) is 0 Å². The van der Waals surface area contributed by atoms with Crippen LogP contribution in [0.1, 0.15) is 51.9 Å². The smallest absolute Gasteiger partial charge is 0.322 e. The van der Waals surface area contributed by atoms with Crippen molar-refractivity contribution in [2.75, 3.05) is 20.3 Å². The Morgan fingerprint density at radius 3 is 2.53 bits per heavy atom. The summed E-state index contributed by atoms with van der Waals surface area (Å²) in [4.78, 5) is 11.5. The molecule has 0 heterocycles. The number of esters is 1. The van der Waals surface area contributed by atoms with Crippen molar-refractivity contribution in [3.05, 3.63) is 0 Å². The van der Waals surface area contributed by atoms with Crippen LogP contribution in [0.15, 0.2) is 0 Å². The van der Waals surface area contributed by atoms with E-state index in [0.717, 1.165) is 51.5 Å². The van der Waals surface area contributed by atoms with E-state index in [-0.39, 0.29) is 18.6 Å². The molecular weight excluding hydrogens is 218 g/mol. The van der Waals surface area contributed by atoms with Gasteiger partial charge in [0.1, 0.15) is 6.04 Å². The molecule has 0 rings (SSSR count). The van der Waals surface area contributed by atoms with Gasteiger partial charge in [-0.25, -0.2) is 0 Å². The molecule has 0 bridgehead atoms. The molecule has 1 atom stereocenters. The minimum absolute atomic E-state index is 0.155. The van der Waals surface area contributed by atoms with Crippen molar-refractivity contribution < 1.29 is 14.6 Å². The molecular formula is C13H27NO3. The van der Waals surface area contributed by atoms with Crippen molar-refractivity contribution >= 4 is 5.97 Å². The maximum Gasteiger partial charge on any atom is 0.322 e. The predicted molar refractivity (Wildman–Crippen MR) is 68.9 cm³/mol. The second-order valence-corrected chi connectivity index (χ2v) is 4.31. The van der Waals surface area contributed by atoms with E-state index in [1.807, 2.05) is 0 Å². The van der Waals surface area contributed by atoms with Gasteiger partial charge in [0.25, 0.3) is 0 Å². The number of ether oxygens (including phenoxy) is 1. The van der Waals surface area contributed by atoms with Crippen molar-refractivity contribution in [1.82, 2.24) is 5.32 Å². The summed E-state index contributed by atoms with van der Waals surface area (Å²) in [6.07, 6.45) is 7.03. The van der Waals surface area contributed by atoms with Crippen LogP contribution in [0.2, 0.25) is 0 Å². The van der Waals surface area contributed by atoms with Gasteiger partial charge >= 0.3 is 5.97 Å². The Morgan fingerprint density at radius 1 is 1.24 bits per heavy atom. The van der Waals surface area contributed by atoms with Crippen LogP contribution in [0.3, 0.4) is 0 Å². The van der Waals surface area contributed by atoms with Gasteiger partial charge in [-0.15, -0.1) is 0 Å². The zero-order valence-corrected chi connectivity index (χ0v) is 11.2. The molecule has 0 aromatic rings. The van der Waals surface area contributed by atoms with E-state index in [1.165, 1.54) is 7.11 Å². The van der Waals surface area contributed by atoms with Gasteiger partial charge in [0.05, 0.1) is 7.11 Å². The predicted octanol–water partition coefficient (Wildman–Crippen LogP) is 1.86. The van der Waals surface area contributed by atoms with E-state index in [4.69, 9.17) is 9.84 Å². The number of methoxy groups -OCH3 is 1. The lowest BCUT2D eigenvalue weighted by atomic mass is 10.1.